The predicted molar refractivity (Wildman–Crippen MR) is 71.3 cm³/mol. The first-order valence-electron chi connectivity index (χ1n) is 6.01. The molecule has 0 fully saturated rings. The highest BCUT2D eigenvalue weighted by Crippen LogP contribution is 2.45. The summed E-state index contributed by atoms with van der Waals surface area (Å²) in [5.74, 6) is -2.98. The van der Waals surface area contributed by atoms with Crippen LogP contribution in [0.25, 0.3) is 0 Å². The number of ketones is 2. The molecule has 0 radical (unpaired) electrons. The van der Waals surface area contributed by atoms with E-state index in [9.17, 15) is 24.9 Å². The summed E-state index contributed by atoms with van der Waals surface area (Å²) in [7, 11) is 1.21. The Bertz CT molecular complexity index is 806. The molecule has 0 spiro atoms. The molecule has 0 aromatic heterocycles. The smallest absolute Gasteiger partial charge is 0.203 e. The highest BCUT2D eigenvalue weighted by Gasteiger charge is 2.36. The zero-order chi connectivity index (χ0) is 15.3. The number of hydrogen-bond acceptors (Lipinski definition) is 6. The van der Waals surface area contributed by atoms with E-state index in [1.807, 2.05) is 0 Å². The van der Waals surface area contributed by atoms with E-state index in [0.717, 1.165) is 6.07 Å². The molecule has 6 nitrogen and oxygen atoms in total. The van der Waals surface area contributed by atoms with Crippen LogP contribution in [-0.2, 0) is 0 Å². The van der Waals surface area contributed by atoms with Gasteiger partial charge in [0.25, 0.3) is 0 Å². The Morgan fingerprint density at radius 2 is 1.62 bits per heavy atom. The zero-order valence-electron chi connectivity index (χ0n) is 10.9. The lowest BCUT2D eigenvalue weighted by atomic mass is 9.82. The molecule has 0 aliphatic heterocycles. The fourth-order valence-corrected chi connectivity index (χ4v) is 2.49. The minimum Gasteiger partial charge on any atom is -0.507 e. The molecule has 0 amide bonds. The summed E-state index contributed by atoms with van der Waals surface area (Å²) >= 11 is 0. The van der Waals surface area contributed by atoms with Crippen molar-refractivity contribution in [1.82, 2.24) is 0 Å². The largest absolute Gasteiger partial charge is 0.507 e. The maximum atomic E-state index is 12.5. The van der Waals surface area contributed by atoms with E-state index in [0.29, 0.717) is 0 Å². The van der Waals surface area contributed by atoms with Crippen LogP contribution in [0, 0.1) is 0 Å². The highest BCUT2D eigenvalue weighted by atomic mass is 16.5. The maximum absolute atomic E-state index is 12.5. The Hall–Kier alpha value is -3.02. The molecule has 0 heterocycles. The van der Waals surface area contributed by atoms with Crippen LogP contribution in [0.3, 0.4) is 0 Å². The van der Waals surface area contributed by atoms with E-state index in [4.69, 9.17) is 4.74 Å². The molecule has 2 aromatic rings. The van der Waals surface area contributed by atoms with Gasteiger partial charge in [0.1, 0.15) is 5.75 Å². The van der Waals surface area contributed by atoms with Crippen molar-refractivity contribution in [2.75, 3.05) is 7.11 Å². The molecule has 2 aromatic carbocycles. The van der Waals surface area contributed by atoms with Crippen molar-refractivity contribution in [2.24, 2.45) is 0 Å². The third kappa shape index (κ3) is 1.59. The Kier molecular flexibility index (Phi) is 2.62. The molecule has 0 saturated heterocycles. The van der Waals surface area contributed by atoms with Gasteiger partial charge in [-0.2, -0.15) is 0 Å². The number of phenolic OH excluding ortho intramolecular Hbond substituents is 3. The summed E-state index contributed by atoms with van der Waals surface area (Å²) < 4.78 is 4.82. The quantitative estimate of drug-likeness (QED) is 0.627. The predicted octanol–water partition coefficient (Wildman–Crippen LogP) is 1.59. The lowest BCUT2D eigenvalue weighted by Crippen LogP contribution is -2.21. The van der Waals surface area contributed by atoms with Gasteiger partial charge < -0.3 is 20.1 Å². The fraction of sp³-hybridized carbons (Fsp3) is 0.0667. The van der Waals surface area contributed by atoms with Crippen LogP contribution >= 0.6 is 0 Å². The lowest BCUT2D eigenvalue weighted by Gasteiger charge is -2.20. The summed E-state index contributed by atoms with van der Waals surface area (Å²) in [6, 6.07) is 5.19. The first kappa shape index (κ1) is 13.0. The molecular weight excluding hydrogens is 276 g/mol. The third-order valence-electron chi connectivity index (χ3n) is 3.42. The summed E-state index contributed by atoms with van der Waals surface area (Å²) in [6.45, 7) is 0. The third-order valence-corrected chi connectivity index (χ3v) is 3.42. The van der Waals surface area contributed by atoms with Crippen LogP contribution in [-0.4, -0.2) is 34.0 Å². The number of benzene rings is 2. The van der Waals surface area contributed by atoms with Crippen molar-refractivity contribution < 1.29 is 29.6 Å². The number of phenols is 3. The number of carbonyl (C=O) groups is 2. The lowest BCUT2D eigenvalue weighted by molar-refractivity contribution is 0.0973. The SMILES string of the molecule is COc1c(O)cc2c(c1O)C(=O)c1c(O)cccc1C2=O. The van der Waals surface area contributed by atoms with E-state index in [-0.39, 0.29) is 33.8 Å². The van der Waals surface area contributed by atoms with Gasteiger partial charge >= 0.3 is 0 Å². The van der Waals surface area contributed by atoms with Gasteiger partial charge in [0.05, 0.1) is 18.2 Å². The normalized spacial score (nSPS) is 12.8. The van der Waals surface area contributed by atoms with Crippen molar-refractivity contribution in [3.05, 3.63) is 46.5 Å². The van der Waals surface area contributed by atoms with Crippen molar-refractivity contribution in [2.45, 2.75) is 0 Å². The van der Waals surface area contributed by atoms with Crippen LogP contribution in [0.1, 0.15) is 31.8 Å². The molecule has 106 valence electrons. The molecule has 1 aliphatic carbocycles. The van der Waals surface area contributed by atoms with Gasteiger partial charge in [-0.25, -0.2) is 0 Å². The Morgan fingerprint density at radius 1 is 0.905 bits per heavy atom. The molecule has 21 heavy (non-hydrogen) atoms. The van der Waals surface area contributed by atoms with Crippen LogP contribution < -0.4 is 4.74 Å². The molecule has 1 aliphatic rings. The van der Waals surface area contributed by atoms with Gasteiger partial charge in [-0.1, -0.05) is 12.1 Å². The Labute approximate surface area is 118 Å². The number of aromatic hydroxyl groups is 3. The highest BCUT2D eigenvalue weighted by molar-refractivity contribution is 6.30. The van der Waals surface area contributed by atoms with Crippen LogP contribution in [0.15, 0.2) is 24.3 Å². The van der Waals surface area contributed by atoms with Crippen LogP contribution in [0.5, 0.6) is 23.0 Å². The molecule has 0 bridgehead atoms. The number of ether oxygens (including phenoxy) is 1. The summed E-state index contributed by atoms with van der Waals surface area (Å²) in [5, 5.41) is 29.6. The Morgan fingerprint density at radius 3 is 2.29 bits per heavy atom. The van der Waals surface area contributed by atoms with Crippen LogP contribution in [0.2, 0.25) is 0 Å². The number of carbonyl (C=O) groups excluding carboxylic acids is 2. The summed E-state index contributed by atoms with van der Waals surface area (Å²) in [6.07, 6.45) is 0. The van der Waals surface area contributed by atoms with Crippen molar-refractivity contribution >= 4 is 11.6 Å². The van der Waals surface area contributed by atoms with E-state index < -0.39 is 23.1 Å². The molecule has 3 N–H and O–H groups in total. The average Bonchev–Trinajstić information content (AvgIpc) is 2.44. The number of methoxy groups -OCH3 is 1. The standard InChI is InChI=1S/C15H10O6/c1-21-15-9(17)5-7-11(14(15)20)13(19)10-6(12(7)18)3-2-4-8(10)16/h2-5,16-17,20H,1H3. The molecule has 0 saturated carbocycles. The molecular formula is C15H10O6. The molecule has 0 unspecified atom stereocenters. The maximum Gasteiger partial charge on any atom is 0.203 e. The average molecular weight is 286 g/mol. The van der Waals surface area contributed by atoms with Crippen molar-refractivity contribution in [1.29, 1.82) is 0 Å². The van der Waals surface area contributed by atoms with Gasteiger partial charge in [-0.15, -0.1) is 0 Å². The second kappa shape index (κ2) is 4.24. The first-order chi connectivity index (χ1) is 9.97. The topological polar surface area (TPSA) is 104 Å². The minimum absolute atomic E-state index is 0.0245. The summed E-state index contributed by atoms with van der Waals surface area (Å²) in [4.78, 5) is 24.8. The Balaban J connectivity index is 2.39. The minimum atomic E-state index is -0.700. The van der Waals surface area contributed by atoms with Crippen molar-refractivity contribution in [3.8, 4) is 23.0 Å². The van der Waals surface area contributed by atoms with Gasteiger partial charge in [0.15, 0.2) is 17.3 Å². The van der Waals surface area contributed by atoms with Gasteiger partial charge in [-0.3, -0.25) is 9.59 Å². The molecule has 3 rings (SSSR count). The molecule has 6 heteroatoms. The summed E-state index contributed by atoms with van der Waals surface area (Å²) in [5.41, 5.74) is -0.563. The fourth-order valence-electron chi connectivity index (χ4n) is 2.49. The second-order valence-electron chi connectivity index (χ2n) is 4.56. The van der Waals surface area contributed by atoms with Crippen molar-refractivity contribution in [3.63, 3.8) is 0 Å². The zero-order valence-corrected chi connectivity index (χ0v) is 10.9. The van der Waals surface area contributed by atoms with E-state index in [2.05, 4.69) is 0 Å². The van der Waals surface area contributed by atoms with Gasteiger partial charge in [0, 0.05) is 11.1 Å². The van der Waals surface area contributed by atoms with E-state index in [1.54, 1.807) is 0 Å². The van der Waals surface area contributed by atoms with Gasteiger partial charge in [-0.05, 0) is 12.1 Å². The first-order valence-corrected chi connectivity index (χ1v) is 6.01. The second-order valence-corrected chi connectivity index (χ2v) is 4.56. The number of fused-ring (bicyclic) bond motifs is 2. The van der Waals surface area contributed by atoms with E-state index in [1.165, 1.54) is 25.3 Å². The molecule has 0 atom stereocenters. The van der Waals surface area contributed by atoms with E-state index >= 15 is 0 Å². The number of rotatable bonds is 1. The van der Waals surface area contributed by atoms with Gasteiger partial charge in [0.2, 0.25) is 11.5 Å². The van der Waals surface area contributed by atoms with Crippen LogP contribution in [0.4, 0.5) is 0 Å². The number of hydrogen-bond donors (Lipinski definition) is 3. The monoisotopic (exact) mass is 286 g/mol.